The van der Waals surface area contributed by atoms with Gasteiger partial charge in [-0.2, -0.15) is 0 Å². The molecule has 1 saturated heterocycles. The predicted octanol–water partition coefficient (Wildman–Crippen LogP) is 4.42. The smallest absolute Gasteiger partial charge is 0.308 e. The summed E-state index contributed by atoms with van der Waals surface area (Å²) in [6.45, 7) is 2.08. The Morgan fingerprint density at radius 2 is 1.93 bits per heavy atom. The van der Waals surface area contributed by atoms with Crippen LogP contribution in [0.2, 0.25) is 0 Å². The van der Waals surface area contributed by atoms with E-state index in [1.54, 1.807) is 0 Å². The van der Waals surface area contributed by atoms with Crippen LogP contribution in [0, 0.1) is 11.7 Å². The predicted molar refractivity (Wildman–Crippen MR) is 115 cm³/mol. The van der Waals surface area contributed by atoms with Gasteiger partial charge in [0.05, 0.1) is 19.2 Å². The quantitative estimate of drug-likeness (QED) is 0.734. The largest absolute Gasteiger partial charge is 0.469 e. The third kappa shape index (κ3) is 4.71. The highest BCUT2D eigenvalue weighted by Crippen LogP contribution is 2.29. The van der Waals surface area contributed by atoms with Gasteiger partial charge in [-0.25, -0.2) is 14.4 Å². The Morgan fingerprint density at radius 1 is 1.17 bits per heavy atom. The van der Waals surface area contributed by atoms with Crippen LogP contribution in [0.5, 0.6) is 0 Å². The van der Waals surface area contributed by atoms with Crippen LogP contribution >= 0.6 is 0 Å². The van der Waals surface area contributed by atoms with E-state index in [9.17, 15) is 9.18 Å². The summed E-state index contributed by atoms with van der Waals surface area (Å²) in [5.74, 6) is -0.167. The van der Waals surface area contributed by atoms with Crippen molar-refractivity contribution in [1.82, 2.24) is 9.97 Å². The van der Waals surface area contributed by atoms with Crippen LogP contribution in [0.4, 0.5) is 16.0 Å². The monoisotopic (exact) mass is 412 g/mol. The van der Waals surface area contributed by atoms with Gasteiger partial charge in [0, 0.05) is 30.4 Å². The maximum absolute atomic E-state index is 14.6. The minimum Gasteiger partial charge on any atom is -0.469 e. The van der Waals surface area contributed by atoms with Crippen molar-refractivity contribution < 1.29 is 13.9 Å². The number of hydrogen-bond donors (Lipinski definition) is 1. The van der Waals surface area contributed by atoms with Crippen molar-refractivity contribution in [3.8, 4) is 11.3 Å². The van der Waals surface area contributed by atoms with E-state index in [0.717, 1.165) is 50.0 Å². The summed E-state index contributed by atoms with van der Waals surface area (Å²) >= 11 is 0. The molecule has 7 heteroatoms. The molecule has 2 heterocycles. The second-order valence-electron chi connectivity index (χ2n) is 8.20. The number of methoxy groups -OCH3 is 1. The molecule has 0 radical (unpaired) electrons. The van der Waals surface area contributed by atoms with E-state index in [1.165, 1.54) is 32.6 Å². The van der Waals surface area contributed by atoms with Crippen LogP contribution in [0.3, 0.4) is 0 Å². The summed E-state index contributed by atoms with van der Waals surface area (Å²) < 4.78 is 19.4. The average molecular weight is 413 g/mol. The summed E-state index contributed by atoms with van der Waals surface area (Å²) in [6.07, 6.45) is 8.11. The maximum atomic E-state index is 14.6. The Kier molecular flexibility index (Phi) is 6.45. The summed E-state index contributed by atoms with van der Waals surface area (Å²) in [5, 5.41) is 3.32. The Morgan fingerprint density at radius 3 is 2.67 bits per heavy atom. The number of aromatic nitrogens is 2. The molecule has 0 atom stereocenters. The van der Waals surface area contributed by atoms with Gasteiger partial charge in [-0.15, -0.1) is 0 Å². The van der Waals surface area contributed by atoms with Crippen molar-refractivity contribution in [3.63, 3.8) is 0 Å². The molecule has 1 N–H and O–H groups in total. The Balaban J connectivity index is 1.47. The van der Waals surface area contributed by atoms with Gasteiger partial charge >= 0.3 is 5.97 Å². The second-order valence-corrected chi connectivity index (χ2v) is 8.20. The molecule has 2 aliphatic rings. The molecule has 0 spiro atoms. The number of nitrogens with one attached hydrogen (secondary N) is 1. The van der Waals surface area contributed by atoms with E-state index >= 15 is 0 Å². The zero-order chi connectivity index (χ0) is 20.9. The van der Waals surface area contributed by atoms with Crippen LogP contribution in [0.25, 0.3) is 11.3 Å². The zero-order valence-electron chi connectivity index (χ0n) is 17.4. The van der Waals surface area contributed by atoms with Crippen molar-refractivity contribution in [2.24, 2.45) is 5.92 Å². The molecule has 2 fully saturated rings. The minimum atomic E-state index is -0.425. The molecule has 1 aromatic heterocycles. The topological polar surface area (TPSA) is 67.3 Å². The number of benzene rings is 1. The number of esters is 1. The van der Waals surface area contributed by atoms with Crippen molar-refractivity contribution in [2.45, 2.75) is 51.0 Å². The molecule has 1 aliphatic heterocycles. The molecule has 2 aromatic rings. The zero-order valence-corrected chi connectivity index (χ0v) is 17.4. The van der Waals surface area contributed by atoms with Crippen LogP contribution in [-0.4, -0.2) is 42.2 Å². The van der Waals surface area contributed by atoms with Gasteiger partial charge in [-0.3, -0.25) is 4.79 Å². The SMILES string of the molecule is COC(=O)C1CCC(Nc2ncc(F)c(-c3cccc(N4CCCCC4)c3)n2)CC1. The third-order valence-corrected chi connectivity index (χ3v) is 6.18. The first-order valence-corrected chi connectivity index (χ1v) is 10.9. The minimum absolute atomic E-state index is 0.0322. The second kappa shape index (κ2) is 9.41. The van der Waals surface area contributed by atoms with Crippen LogP contribution in [-0.2, 0) is 9.53 Å². The van der Waals surface area contributed by atoms with Gasteiger partial charge in [0.15, 0.2) is 5.82 Å². The highest BCUT2D eigenvalue weighted by molar-refractivity contribution is 5.72. The first-order valence-electron chi connectivity index (χ1n) is 10.9. The molecule has 4 rings (SSSR count). The first kappa shape index (κ1) is 20.6. The molecule has 1 saturated carbocycles. The molecular weight excluding hydrogens is 383 g/mol. The Hall–Kier alpha value is -2.70. The number of anilines is 2. The number of carbonyl (C=O) groups is 1. The lowest BCUT2D eigenvalue weighted by molar-refractivity contribution is -0.146. The fourth-order valence-corrected chi connectivity index (χ4v) is 4.46. The third-order valence-electron chi connectivity index (χ3n) is 6.18. The van der Waals surface area contributed by atoms with Crippen LogP contribution in [0.15, 0.2) is 30.5 Å². The van der Waals surface area contributed by atoms with Crippen molar-refractivity contribution in [2.75, 3.05) is 30.4 Å². The van der Waals surface area contributed by atoms with Crippen molar-refractivity contribution in [1.29, 1.82) is 0 Å². The molecule has 0 amide bonds. The number of rotatable bonds is 5. The highest BCUT2D eigenvalue weighted by Gasteiger charge is 2.27. The number of piperidine rings is 1. The number of hydrogen-bond acceptors (Lipinski definition) is 6. The lowest BCUT2D eigenvalue weighted by Crippen LogP contribution is -2.30. The van der Waals surface area contributed by atoms with E-state index in [0.29, 0.717) is 11.6 Å². The summed E-state index contributed by atoms with van der Waals surface area (Å²) in [5.41, 5.74) is 2.19. The molecule has 6 nitrogen and oxygen atoms in total. The lowest BCUT2D eigenvalue weighted by Gasteiger charge is -2.29. The molecule has 160 valence electrons. The van der Waals surface area contributed by atoms with E-state index in [4.69, 9.17) is 4.74 Å². The summed E-state index contributed by atoms with van der Waals surface area (Å²) in [6, 6.07) is 8.12. The van der Waals surface area contributed by atoms with Crippen molar-refractivity contribution >= 4 is 17.6 Å². The van der Waals surface area contributed by atoms with Gasteiger partial charge in [0.25, 0.3) is 0 Å². The maximum Gasteiger partial charge on any atom is 0.308 e. The fraction of sp³-hybridized carbons (Fsp3) is 0.522. The Labute approximate surface area is 176 Å². The van der Waals surface area contributed by atoms with E-state index < -0.39 is 5.82 Å². The average Bonchev–Trinajstić information content (AvgIpc) is 2.81. The molecule has 0 unspecified atom stereocenters. The van der Waals surface area contributed by atoms with Gasteiger partial charge in [-0.1, -0.05) is 12.1 Å². The molecule has 1 aliphatic carbocycles. The van der Waals surface area contributed by atoms with E-state index in [-0.39, 0.29) is 17.9 Å². The van der Waals surface area contributed by atoms with E-state index in [1.807, 2.05) is 18.2 Å². The summed E-state index contributed by atoms with van der Waals surface area (Å²) in [7, 11) is 1.43. The lowest BCUT2D eigenvalue weighted by atomic mass is 9.86. The highest BCUT2D eigenvalue weighted by atomic mass is 19.1. The van der Waals surface area contributed by atoms with Gasteiger partial charge < -0.3 is 15.0 Å². The fourth-order valence-electron chi connectivity index (χ4n) is 4.46. The van der Waals surface area contributed by atoms with Gasteiger partial charge in [-0.05, 0) is 57.1 Å². The summed E-state index contributed by atoms with van der Waals surface area (Å²) in [4.78, 5) is 22.7. The number of nitrogens with zero attached hydrogens (tertiary/aromatic N) is 3. The van der Waals surface area contributed by atoms with Crippen LogP contribution in [0.1, 0.15) is 44.9 Å². The number of halogens is 1. The number of ether oxygens (including phenoxy) is 1. The molecule has 1 aromatic carbocycles. The molecule has 0 bridgehead atoms. The van der Waals surface area contributed by atoms with Crippen LogP contribution < -0.4 is 10.2 Å². The van der Waals surface area contributed by atoms with Crippen molar-refractivity contribution in [3.05, 3.63) is 36.3 Å². The Bertz CT molecular complexity index is 877. The first-order chi connectivity index (χ1) is 14.6. The molecular formula is C23H29FN4O2. The van der Waals surface area contributed by atoms with E-state index in [2.05, 4.69) is 26.3 Å². The van der Waals surface area contributed by atoms with Gasteiger partial charge in [0.1, 0.15) is 5.69 Å². The number of carbonyl (C=O) groups excluding carboxylic acids is 1. The van der Waals surface area contributed by atoms with Gasteiger partial charge in [0.2, 0.25) is 5.95 Å². The standard InChI is InChI=1S/C23H29FN4O2/c1-30-22(29)16-8-10-18(11-9-16)26-23-25-15-20(24)21(27-23)17-6-5-7-19(14-17)28-12-3-2-4-13-28/h5-7,14-16,18H,2-4,8-13H2,1H3,(H,25,26,27). The molecule has 30 heavy (non-hydrogen) atoms. The normalized spacial score (nSPS) is 21.9.